The molecule has 5 nitrogen and oxygen atoms in total. The normalized spacial score (nSPS) is 30.7. The number of ketones is 1. The largest absolute Gasteiger partial charge is 0.465 e. The van der Waals surface area contributed by atoms with Crippen LogP contribution in [-0.2, 0) is 23.9 Å². The van der Waals surface area contributed by atoms with Crippen LogP contribution in [0.3, 0.4) is 0 Å². The predicted octanol–water partition coefficient (Wildman–Crippen LogP) is 1.98. The van der Waals surface area contributed by atoms with Crippen molar-refractivity contribution in [2.24, 2.45) is 29.6 Å². The lowest BCUT2D eigenvalue weighted by Crippen LogP contribution is -2.31. The highest BCUT2D eigenvalue weighted by Gasteiger charge is 2.46. The molecule has 0 aromatic rings. The summed E-state index contributed by atoms with van der Waals surface area (Å²) in [5.74, 6) is -1.17. The lowest BCUT2D eigenvalue weighted by molar-refractivity contribution is -0.158. The second-order valence-electron chi connectivity index (χ2n) is 6.65. The van der Waals surface area contributed by atoms with E-state index in [9.17, 15) is 14.4 Å². The van der Waals surface area contributed by atoms with E-state index in [4.69, 9.17) is 9.47 Å². The van der Waals surface area contributed by atoms with Crippen LogP contribution < -0.4 is 0 Å². The second-order valence-corrected chi connectivity index (χ2v) is 6.65. The van der Waals surface area contributed by atoms with Crippen molar-refractivity contribution in [2.45, 2.75) is 46.6 Å². The molecule has 1 aliphatic carbocycles. The molecule has 1 saturated carbocycles. The molecule has 5 heteroatoms. The lowest BCUT2D eigenvalue weighted by Gasteiger charge is -2.22. The van der Waals surface area contributed by atoms with Gasteiger partial charge in [-0.05, 0) is 32.6 Å². The van der Waals surface area contributed by atoms with E-state index in [2.05, 4.69) is 0 Å². The minimum absolute atomic E-state index is 0.0362. The third-order valence-corrected chi connectivity index (χ3v) is 4.79. The molecular formula is C16H24O5. The third-order valence-electron chi connectivity index (χ3n) is 4.79. The van der Waals surface area contributed by atoms with Crippen LogP contribution in [0, 0.1) is 29.6 Å². The summed E-state index contributed by atoms with van der Waals surface area (Å²) in [6.45, 7) is 7.49. The Morgan fingerprint density at radius 2 is 1.86 bits per heavy atom. The van der Waals surface area contributed by atoms with Gasteiger partial charge in [0.2, 0.25) is 0 Å². The van der Waals surface area contributed by atoms with Crippen LogP contribution in [0.4, 0.5) is 0 Å². The SMILES string of the molecule is CC(C)C(=O)C(C)C(=O)OC(C)C1CC2COC(=O)C2C1. The molecule has 0 spiro atoms. The monoisotopic (exact) mass is 296 g/mol. The van der Waals surface area contributed by atoms with Crippen LogP contribution in [0.5, 0.6) is 0 Å². The summed E-state index contributed by atoms with van der Waals surface area (Å²) in [5.41, 5.74) is 0. The number of ether oxygens (including phenoxy) is 2. The molecule has 0 amide bonds. The Hall–Kier alpha value is -1.39. The van der Waals surface area contributed by atoms with Gasteiger partial charge in [0.15, 0.2) is 0 Å². The van der Waals surface area contributed by atoms with E-state index in [1.165, 1.54) is 0 Å². The van der Waals surface area contributed by atoms with E-state index in [1.807, 2.05) is 6.92 Å². The average Bonchev–Trinajstić information content (AvgIpc) is 2.99. The van der Waals surface area contributed by atoms with Crippen molar-refractivity contribution in [2.75, 3.05) is 6.61 Å². The van der Waals surface area contributed by atoms with E-state index >= 15 is 0 Å². The number of cyclic esters (lactones) is 1. The molecule has 0 aromatic heterocycles. The van der Waals surface area contributed by atoms with E-state index in [0.29, 0.717) is 13.0 Å². The van der Waals surface area contributed by atoms with Crippen LogP contribution in [0.15, 0.2) is 0 Å². The molecule has 5 unspecified atom stereocenters. The molecule has 21 heavy (non-hydrogen) atoms. The van der Waals surface area contributed by atoms with Crippen LogP contribution in [0.25, 0.3) is 0 Å². The Labute approximate surface area is 125 Å². The summed E-state index contributed by atoms with van der Waals surface area (Å²) in [5, 5.41) is 0. The molecule has 1 saturated heterocycles. The Morgan fingerprint density at radius 1 is 1.19 bits per heavy atom. The third kappa shape index (κ3) is 3.27. The number of esters is 2. The molecule has 0 aromatic carbocycles. The van der Waals surface area contributed by atoms with Crippen molar-refractivity contribution in [3.8, 4) is 0 Å². The smallest absolute Gasteiger partial charge is 0.316 e. The summed E-state index contributed by atoms with van der Waals surface area (Å²) in [7, 11) is 0. The van der Waals surface area contributed by atoms with E-state index in [1.54, 1.807) is 20.8 Å². The van der Waals surface area contributed by atoms with Crippen molar-refractivity contribution < 1.29 is 23.9 Å². The number of hydrogen-bond donors (Lipinski definition) is 0. The van der Waals surface area contributed by atoms with Crippen LogP contribution >= 0.6 is 0 Å². The zero-order valence-electron chi connectivity index (χ0n) is 13.1. The van der Waals surface area contributed by atoms with Crippen molar-refractivity contribution in [3.63, 3.8) is 0 Å². The summed E-state index contributed by atoms with van der Waals surface area (Å²) < 4.78 is 10.5. The molecular weight excluding hydrogens is 272 g/mol. The zero-order chi connectivity index (χ0) is 15.7. The Morgan fingerprint density at radius 3 is 2.43 bits per heavy atom. The molecule has 5 atom stereocenters. The highest BCUT2D eigenvalue weighted by Crippen LogP contribution is 2.43. The first-order valence-corrected chi connectivity index (χ1v) is 7.72. The molecule has 2 aliphatic rings. The molecule has 2 fully saturated rings. The second kappa shape index (κ2) is 6.16. The first kappa shape index (κ1) is 16.0. The number of hydrogen-bond acceptors (Lipinski definition) is 5. The van der Waals surface area contributed by atoms with Gasteiger partial charge < -0.3 is 9.47 Å². The minimum atomic E-state index is -0.724. The summed E-state index contributed by atoms with van der Waals surface area (Å²) in [4.78, 5) is 35.4. The van der Waals surface area contributed by atoms with Crippen molar-refractivity contribution in [3.05, 3.63) is 0 Å². The molecule has 0 radical (unpaired) electrons. The van der Waals surface area contributed by atoms with E-state index < -0.39 is 11.9 Å². The van der Waals surface area contributed by atoms with Gasteiger partial charge in [0.05, 0.1) is 12.5 Å². The van der Waals surface area contributed by atoms with Gasteiger partial charge in [-0.25, -0.2) is 0 Å². The van der Waals surface area contributed by atoms with Crippen molar-refractivity contribution in [1.82, 2.24) is 0 Å². The van der Waals surface area contributed by atoms with Gasteiger partial charge in [-0.2, -0.15) is 0 Å². The van der Waals surface area contributed by atoms with Crippen LogP contribution in [-0.4, -0.2) is 30.4 Å². The van der Waals surface area contributed by atoms with Crippen molar-refractivity contribution in [1.29, 1.82) is 0 Å². The topological polar surface area (TPSA) is 69.7 Å². The van der Waals surface area contributed by atoms with Gasteiger partial charge in [-0.3, -0.25) is 14.4 Å². The number of Topliss-reactive ketones (excluding diaryl/α,β-unsaturated/α-hetero) is 1. The number of fused-ring (bicyclic) bond motifs is 1. The first-order chi connectivity index (χ1) is 9.81. The Balaban J connectivity index is 1.87. The molecule has 1 aliphatic heterocycles. The van der Waals surface area contributed by atoms with Crippen molar-refractivity contribution >= 4 is 17.7 Å². The first-order valence-electron chi connectivity index (χ1n) is 7.72. The van der Waals surface area contributed by atoms with Gasteiger partial charge in [0, 0.05) is 11.8 Å². The quantitative estimate of drug-likeness (QED) is 0.573. The lowest BCUT2D eigenvalue weighted by atomic mass is 9.96. The number of carbonyl (C=O) groups excluding carboxylic acids is 3. The van der Waals surface area contributed by atoms with Crippen LogP contribution in [0.1, 0.15) is 40.5 Å². The fraction of sp³-hybridized carbons (Fsp3) is 0.812. The average molecular weight is 296 g/mol. The summed E-state index contributed by atoms with van der Waals surface area (Å²) >= 11 is 0. The number of rotatable bonds is 5. The zero-order valence-corrected chi connectivity index (χ0v) is 13.1. The summed E-state index contributed by atoms with van der Waals surface area (Å²) in [6, 6.07) is 0. The minimum Gasteiger partial charge on any atom is -0.465 e. The maximum Gasteiger partial charge on any atom is 0.316 e. The fourth-order valence-corrected chi connectivity index (χ4v) is 3.32. The van der Waals surface area contributed by atoms with Gasteiger partial charge in [0.1, 0.15) is 17.8 Å². The predicted molar refractivity (Wildman–Crippen MR) is 75.2 cm³/mol. The van der Waals surface area contributed by atoms with Gasteiger partial charge in [-0.1, -0.05) is 13.8 Å². The van der Waals surface area contributed by atoms with Gasteiger partial charge >= 0.3 is 11.9 Å². The van der Waals surface area contributed by atoms with Gasteiger partial charge in [-0.15, -0.1) is 0 Å². The van der Waals surface area contributed by atoms with Gasteiger partial charge in [0.25, 0.3) is 0 Å². The molecule has 1 heterocycles. The maximum absolute atomic E-state index is 12.0. The van der Waals surface area contributed by atoms with E-state index in [0.717, 1.165) is 6.42 Å². The fourth-order valence-electron chi connectivity index (χ4n) is 3.32. The Bertz CT molecular complexity index is 442. The highest BCUT2D eigenvalue weighted by atomic mass is 16.5. The maximum atomic E-state index is 12.0. The molecule has 0 bridgehead atoms. The number of carbonyl (C=O) groups is 3. The Kier molecular flexibility index (Phi) is 4.69. The molecule has 118 valence electrons. The van der Waals surface area contributed by atoms with E-state index in [-0.39, 0.29) is 41.5 Å². The standard InChI is InChI=1S/C16H24O5/c1-8(2)14(17)9(3)15(18)21-10(4)11-5-12-7-20-16(19)13(12)6-11/h8-13H,5-7H2,1-4H3. The molecule has 2 rings (SSSR count). The van der Waals surface area contributed by atoms with Crippen LogP contribution in [0.2, 0.25) is 0 Å². The molecule has 0 N–H and O–H groups in total. The highest BCUT2D eigenvalue weighted by molar-refractivity contribution is 5.99. The summed E-state index contributed by atoms with van der Waals surface area (Å²) in [6.07, 6.45) is 1.29.